The van der Waals surface area contributed by atoms with Crippen molar-refractivity contribution in [2.75, 3.05) is 18.4 Å². The summed E-state index contributed by atoms with van der Waals surface area (Å²) in [5.41, 5.74) is 3.48. The van der Waals surface area contributed by atoms with E-state index in [1.165, 1.54) is 5.56 Å². The van der Waals surface area contributed by atoms with Gasteiger partial charge in [0.2, 0.25) is 0 Å². The highest BCUT2D eigenvalue weighted by Crippen LogP contribution is 2.31. The summed E-state index contributed by atoms with van der Waals surface area (Å²) < 4.78 is 0. The molecule has 1 aromatic carbocycles. The number of aliphatic hydroxyl groups excluding tert-OH is 1. The lowest BCUT2D eigenvalue weighted by Crippen LogP contribution is -2.32. The number of hydrogen-bond acceptors (Lipinski definition) is 3. The zero-order valence-electron chi connectivity index (χ0n) is 9.96. The number of benzene rings is 1. The van der Waals surface area contributed by atoms with Crippen molar-refractivity contribution in [3.63, 3.8) is 0 Å². The minimum atomic E-state index is -0.444. The average Bonchev–Trinajstić information content (AvgIpc) is 2.76. The predicted molar refractivity (Wildman–Crippen MR) is 66.7 cm³/mol. The number of rotatable bonds is 4. The van der Waals surface area contributed by atoms with Crippen molar-refractivity contribution in [2.24, 2.45) is 0 Å². The van der Waals surface area contributed by atoms with E-state index in [-0.39, 0.29) is 6.04 Å². The molecule has 3 heteroatoms. The molecule has 16 heavy (non-hydrogen) atoms. The van der Waals surface area contributed by atoms with E-state index in [2.05, 4.69) is 23.6 Å². The van der Waals surface area contributed by atoms with Gasteiger partial charge in [-0.15, -0.1) is 0 Å². The molecule has 0 saturated heterocycles. The molecule has 2 atom stereocenters. The zero-order chi connectivity index (χ0) is 11.5. The Hall–Kier alpha value is -1.06. The van der Waals surface area contributed by atoms with E-state index in [4.69, 9.17) is 0 Å². The Bertz CT molecular complexity index is 365. The number of nitrogens with one attached hydrogen (secondary N) is 2. The Balaban J connectivity index is 2.23. The summed E-state index contributed by atoms with van der Waals surface area (Å²) >= 11 is 0. The summed E-state index contributed by atoms with van der Waals surface area (Å²) in [6.07, 6.45) is 0.617. The van der Waals surface area contributed by atoms with Crippen LogP contribution in [-0.2, 0) is 6.42 Å². The Morgan fingerprint density at radius 2 is 2.31 bits per heavy atom. The Labute approximate surface area is 96.9 Å². The monoisotopic (exact) mass is 220 g/mol. The van der Waals surface area contributed by atoms with Gasteiger partial charge in [-0.1, -0.05) is 25.1 Å². The van der Waals surface area contributed by atoms with E-state index in [1.54, 1.807) is 0 Å². The molecule has 2 unspecified atom stereocenters. The fourth-order valence-electron chi connectivity index (χ4n) is 2.32. The maximum absolute atomic E-state index is 10.3. The van der Waals surface area contributed by atoms with Crippen LogP contribution in [0, 0.1) is 0 Å². The zero-order valence-corrected chi connectivity index (χ0v) is 9.96. The van der Waals surface area contributed by atoms with E-state index >= 15 is 0 Å². The number of aliphatic hydroxyl groups is 1. The topological polar surface area (TPSA) is 44.3 Å². The van der Waals surface area contributed by atoms with Gasteiger partial charge in [-0.3, -0.25) is 0 Å². The Morgan fingerprint density at radius 3 is 3.06 bits per heavy atom. The van der Waals surface area contributed by atoms with Crippen LogP contribution in [0.25, 0.3) is 0 Å². The normalized spacial score (nSPS) is 17.7. The van der Waals surface area contributed by atoms with Crippen LogP contribution < -0.4 is 10.6 Å². The third-order valence-electron chi connectivity index (χ3n) is 3.20. The molecule has 0 amide bonds. The predicted octanol–water partition coefficient (Wildman–Crippen LogP) is 1.69. The minimum Gasteiger partial charge on any atom is -0.387 e. The van der Waals surface area contributed by atoms with Crippen LogP contribution in [0.15, 0.2) is 18.2 Å². The third kappa shape index (κ3) is 2.06. The van der Waals surface area contributed by atoms with Crippen molar-refractivity contribution >= 4 is 5.69 Å². The van der Waals surface area contributed by atoms with E-state index < -0.39 is 6.10 Å². The lowest BCUT2D eigenvalue weighted by molar-refractivity contribution is 0.138. The van der Waals surface area contributed by atoms with Crippen LogP contribution in [0.3, 0.4) is 0 Å². The first-order valence-corrected chi connectivity index (χ1v) is 6.01. The van der Waals surface area contributed by atoms with Crippen molar-refractivity contribution < 1.29 is 5.11 Å². The highest BCUT2D eigenvalue weighted by atomic mass is 16.3. The number of para-hydroxylation sites is 1. The number of fused-ring (bicyclic) bond motifs is 1. The highest BCUT2D eigenvalue weighted by molar-refractivity contribution is 5.62. The quantitative estimate of drug-likeness (QED) is 0.723. The summed E-state index contributed by atoms with van der Waals surface area (Å²) in [5, 5.41) is 16.9. The van der Waals surface area contributed by atoms with Crippen molar-refractivity contribution in [1.82, 2.24) is 5.32 Å². The van der Waals surface area contributed by atoms with Crippen LogP contribution in [0.4, 0.5) is 5.69 Å². The first-order chi connectivity index (χ1) is 7.74. The molecule has 3 N–H and O–H groups in total. The van der Waals surface area contributed by atoms with Gasteiger partial charge in [-0.25, -0.2) is 0 Å². The first kappa shape index (κ1) is 11.4. The SMILES string of the molecule is CCNC(C)C(O)c1cccc2c1NCC2. The smallest absolute Gasteiger partial charge is 0.0960 e. The summed E-state index contributed by atoms with van der Waals surface area (Å²) in [6.45, 7) is 5.93. The molecule has 3 nitrogen and oxygen atoms in total. The molecule has 0 aliphatic carbocycles. The number of likely N-dealkylation sites (N-methyl/N-ethyl adjacent to an activating group) is 1. The maximum atomic E-state index is 10.3. The molecule has 0 bridgehead atoms. The fraction of sp³-hybridized carbons (Fsp3) is 0.538. The van der Waals surface area contributed by atoms with Crippen LogP contribution >= 0.6 is 0 Å². The third-order valence-corrected chi connectivity index (χ3v) is 3.20. The van der Waals surface area contributed by atoms with Crippen LogP contribution in [-0.4, -0.2) is 24.2 Å². The first-order valence-electron chi connectivity index (χ1n) is 6.01. The number of anilines is 1. The van der Waals surface area contributed by atoms with Gasteiger partial charge in [0.15, 0.2) is 0 Å². The van der Waals surface area contributed by atoms with Crippen molar-refractivity contribution in [3.8, 4) is 0 Å². The molecule has 2 rings (SSSR count). The standard InChI is InChI=1S/C13H20N2O/c1-3-14-9(2)13(16)11-6-4-5-10-7-8-15-12(10)11/h4-6,9,13-16H,3,7-8H2,1-2H3. The van der Waals surface area contributed by atoms with Gasteiger partial charge >= 0.3 is 0 Å². The van der Waals surface area contributed by atoms with Gasteiger partial charge in [0, 0.05) is 23.8 Å². The van der Waals surface area contributed by atoms with Crippen LogP contribution in [0.2, 0.25) is 0 Å². The molecule has 0 fully saturated rings. The molecule has 1 aliphatic heterocycles. The molecule has 1 aromatic rings. The summed E-state index contributed by atoms with van der Waals surface area (Å²) in [4.78, 5) is 0. The van der Waals surface area contributed by atoms with Gasteiger partial charge < -0.3 is 15.7 Å². The Morgan fingerprint density at radius 1 is 1.50 bits per heavy atom. The summed E-state index contributed by atoms with van der Waals surface area (Å²) in [7, 11) is 0. The lowest BCUT2D eigenvalue weighted by Gasteiger charge is -2.22. The van der Waals surface area contributed by atoms with E-state index in [0.29, 0.717) is 0 Å². The summed E-state index contributed by atoms with van der Waals surface area (Å²) in [5.74, 6) is 0. The second-order valence-electron chi connectivity index (χ2n) is 4.35. The molecule has 1 heterocycles. The van der Waals surface area contributed by atoms with Gasteiger partial charge in [-0.2, -0.15) is 0 Å². The molecule has 88 valence electrons. The van der Waals surface area contributed by atoms with Crippen molar-refractivity contribution in [1.29, 1.82) is 0 Å². The lowest BCUT2D eigenvalue weighted by atomic mass is 9.99. The molecule has 1 aliphatic rings. The van der Waals surface area contributed by atoms with E-state index in [9.17, 15) is 5.11 Å². The second-order valence-corrected chi connectivity index (χ2v) is 4.35. The van der Waals surface area contributed by atoms with Crippen molar-refractivity contribution in [3.05, 3.63) is 29.3 Å². The number of hydrogen-bond donors (Lipinski definition) is 3. The van der Waals surface area contributed by atoms with E-state index in [1.807, 2.05) is 19.1 Å². The molecule has 0 radical (unpaired) electrons. The van der Waals surface area contributed by atoms with E-state index in [0.717, 1.165) is 30.8 Å². The van der Waals surface area contributed by atoms with Crippen molar-refractivity contribution in [2.45, 2.75) is 32.4 Å². The molecule has 0 saturated carbocycles. The van der Waals surface area contributed by atoms with Gasteiger partial charge in [0.1, 0.15) is 0 Å². The maximum Gasteiger partial charge on any atom is 0.0960 e. The van der Waals surface area contributed by atoms with Gasteiger partial charge in [0.25, 0.3) is 0 Å². The average molecular weight is 220 g/mol. The van der Waals surface area contributed by atoms with Crippen LogP contribution in [0.1, 0.15) is 31.1 Å². The molecular weight excluding hydrogens is 200 g/mol. The Kier molecular flexibility index (Phi) is 3.46. The highest BCUT2D eigenvalue weighted by Gasteiger charge is 2.22. The minimum absolute atomic E-state index is 0.0823. The summed E-state index contributed by atoms with van der Waals surface area (Å²) in [6, 6.07) is 6.25. The van der Waals surface area contributed by atoms with Crippen LogP contribution in [0.5, 0.6) is 0 Å². The largest absolute Gasteiger partial charge is 0.387 e. The molecular formula is C13H20N2O. The second kappa shape index (κ2) is 4.85. The molecule has 0 aromatic heterocycles. The van der Waals surface area contributed by atoms with Gasteiger partial charge in [-0.05, 0) is 25.5 Å². The molecule has 0 spiro atoms. The van der Waals surface area contributed by atoms with Gasteiger partial charge in [0.05, 0.1) is 6.10 Å². The fourth-order valence-corrected chi connectivity index (χ4v) is 2.32.